The second-order valence-electron chi connectivity index (χ2n) is 20.0. The van der Waals surface area contributed by atoms with Crippen molar-refractivity contribution in [3.8, 4) is 78.1 Å². The van der Waals surface area contributed by atoms with Crippen LogP contribution >= 0.6 is 0 Å². The summed E-state index contributed by atoms with van der Waals surface area (Å²) in [6, 6.07) is 107. The third-order valence-corrected chi connectivity index (χ3v) is 15.7. The van der Waals surface area contributed by atoms with Gasteiger partial charge in [-0.15, -0.1) is 0 Å². The Hall–Kier alpha value is -10.0. The minimum atomic E-state index is 1.16. The Labute approximate surface area is 441 Å². The Bertz CT molecular complexity index is 4380. The van der Waals surface area contributed by atoms with Crippen LogP contribution in [0.25, 0.3) is 143 Å². The van der Waals surface area contributed by atoms with Crippen molar-refractivity contribution in [3.63, 3.8) is 0 Å². The molecule has 0 atom stereocenters. The number of aromatic nitrogens is 2. The molecule has 354 valence electrons. The lowest BCUT2D eigenvalue weighted by atomic mass is 9.83. The predicted molar refractivity (Wildman–Crippen MR) is 323 cm³/mol. The molecule has 2 aromatic heterocycles. The molecule has 2 nitrogen and oxygen atoms in total. The average molecular weight is 965 g/mol. The van der Waals surface area contributed by atoms with Crippen LogP contribution in [0.5, 0.6) is 0 Å². The molecule has 0 saturated heterocycles. The largest absolute Gasteiger partial charge is 0.309 e. The molecule has 76 heavy (non-hydrogen) atoms. The van der Waals surface area contributed by atoms with Crippen LogP contribution in [0.2, 0.25) is 0 Å². The zero-order chi connectivity index (χ0) is 50.1. The summed E-state index contributed by atoms with van der Waals surface area (Å²) in [5, 5.41) is 9.82. The third-order valence-electron chi connectivity index (χ3n) is 15.7. The highest BCUT2D eigenvalue weighted by atomic mass is 15.0. The van der Waals surface area contributed by atoms with Crippen molar-refractivity contribution in [2.45, 2.75) is 0 Å². The number of nitrogens with zero attached hydrogens (tertiary/aromatic N) is 2. The van der Waals surface area contributed by atoms with Gasteiger partial charge >= 0.3 is 0 Å². The van der Waals surface area contributed by atoms with Crippen molar-refractivity contribution in [3.05, 3.63) is 291 Å². The average Bonchev–Trinajstić information content (AvgIpc) is 4.10. The summed E-state index contributed by atoms with van der Waals surface area (Å²) < 4.78 is 4.78. The van der Waals surface area contributed by atoms with Crippen LogP contribution in [0.4, 0.5) is 0 Å². The lowest BCUT2D eigenvalue weighted by molar-refractivity contribution is 1.18. The summed E-state index contributed by atoms with van der Waals surface area (Å²) >= 11 is 0. The summed E-state index contributed by atoms with van der Waals surface area (Å²) in [6.07, 6.45) is 0. The molecule has 0 aliphatic heterocycles. The summed E-state index contributed by atoms with van der Waals surface area (Å²) in [6.45, 7) is 0. The lowest BCUT2D eigenvalue weighted by Crippen LogP contribution is -1.94. The first kappa shape index (κ1) is 43.6. The molecule has 2 heterocycles. The molecule has 0 amide bonds. The molecule has 0 saturated carbocycles. The Morgan fingerprint density at radius 1 is 0.158 bits per heavy atom. The molecule has 0 aliphatic rings. The van der Waals surface area contributed by atoms with E-state index in [2.05, 4.69) is 300 Å². The normalized spacial score (nSPS) is 11.7. The van der Waals surface area contributed by atoms with Crippen LogP contribution in [0.3, 0.4) is 0 Å². The van der Waals surface area contributed by atoms with Crippen molar-refractivity contribution in [1.29, 1.82) is 0 Å². The smallest absolute Gasteiger partial charge is 0.0541 e. The maximum absolute atomic E-state index is 2.46. The van der Waals surface area contributed by atoms with E-state index in [1.165, 1.54) is 132 Å². The van der Waals surface area contributed by atoms with E-state index in [9.17, 15) is 0 Å². The number of para-hydroxylation sites is 4. The Kier molecular flexibility index (Phi) is 10.2. The maximum Gasteiger partial charge on any atom is 0.0541 e. The monoisotopic (exact) mass is 964 g/mol. The predicted octanol–water partition coefficient (Wildman–Crippen LogP) is 20.2. The third kappa shape index (κ3) is 7.18. The Morgan fingerprint density at radius 3 is 0.829 bits per heavy atom. The van der Waals surface area contributed by atoms with E-state index < -0.39 is 0 Å². The van der Waals surface area contributed by atoms with Crippen LogP contribution in [0, 0.1) is 0 Å². The fourth-order valence-corrected chi connectivity index (χ4v) is 12.1. The van der Waals surface area contributed by atoms with Gasteiger partial charge in [-0.05, 0) is 161 Å². The van der Waals surface area contributed by atoms with Gasteiger partial charge in [0.1, 0.15) is 0 Å². The van der Waals surface area contributed by atoms with E-state index in [1.807, 2.05) is 0 Å². The minimum Gasteiger partial charge on any atom is -0.309 e. The summed E-state index contributed by atoms with van der Waals surface area (Å²) in [4.78, 5) is 0. The molecule has 15 rings (SSSR count). The first-order valence-corrected chi connectivity index (χ1v) is 26.2. The highest BCUT2D eigenvalue weighted by Crippen LogP contribution is 2.48. The van der Waals surface area contributed by atoms with E-state index in [-0.39, 0.29) is 0 Å². The van der Waals surface area contributed by atoms with Crippen LogP contribution in [-0.4, -0.2) is 9.13 Å². The molecule has 0 bridgehead atoms. The van der Waals surface area contributed by atoms with Crippen molar-refractivity contribution < 1.29 is 0 Å². The fraction of sp³-hybridized carbons (Fsp3) is 0. The maximum atomic E-state index is 2.46. The SMILES string of the molecule is c1ccc(-c2ccc(-c3c4ccc(-c5ccc6c(c5)c5ccccc5n6-c5ccccc5)cc4c(-c4ccc(-c5ccccc5)cc4)c4ccc(-c5ccc6c(c5)c5ccccc5n6-c5ccccc5)cc34)cc2)cc1. The zero-order valence-electron chi connectivity index (χ0n) is 41.6. The molecule has 0 unspecified atom stereocenters. The fourth-order valence-electron chi connectivity index (χ4n) is 12.1. The first-order chi connectivity index (χ1) is 37.7. The molecule has 2 heteroatoms. The van der Waals surface area contributed by atoms with Crippen LogP contribution in [-0.2, 0) is 0 Å². The van der Waals surface area contributed by atoms with Gasteiger partial charge in [0, 0.05) is 32.9 Å². The molecule has 0 aliphatic carbocycles. The van der Waals surface area contributed by atoms with Gasteiger partial charge in [0.05, 0.1) is 22.1 Å². The van der Waals surface area contributed by atoms with Gasteiger partial charge in [0.2, 0.25) is 0 Å². The van der Waals surface area contributed by atoms with E-state index in [1.54, 1.807) is 0 Å². The number of benzene rings is 13. The number of fused-ring (bicyclic) bond motifs is 8. The Morgan fingerprint density at radius 2 is 0.434 bits per heavy atom. The van der Waals surface area contributed by atoms with Gasteiger partial charge in [0.15, 0.2) is 0 Å². The van der Waals surface area contributed by atoms with Gasteiger partial charge in [0.25, 0.3) is 0 Å². The summed E-state index contributed by atoms with van der Waals surface area (Å²) in [7, 11) is 0. The van der Waals surface area contributed by atoms with Crippen molar-refractivity contribution in [1.82, 2.24) is 9.13 Å². The molecule has 0 spiro atoms. The minimum absolute atomic E-state index is 1.16. The number of hydrogen-bond donors (Lipinski definition) is 0. The highest BCUT2D eigenvalue weighted by molar-refractivity contribution is 6.23. The van der Waals surface area contributed by atoms with E-state index in [4.69, 9.17) is 0 Å². The van der Waals surface area contributed by atoms with Gasteiger partial charge in [-0.2, -0.15) is 0 Å². The molecule has 0 fully saturated rings. The number of hydrogen-bond acceptors (Lipinski definition) is 0. The van der Waals surface area contributed by atoms with Gasteiger partial charge in [-0.1, -0.05) is 218 Å². The van der Waals surface area contributed by atoms with Crippen molar-refractivity contribution in [2.75, 3.05) is 0 Å². The van der Waals surface area contributed by atoms with Gasteiger partial charge < -0.3 is 9.13 Å². The Balaban J connectivity index is 0.979. The molecule has 0 radical (unpaired) electrons. The standard InChI is InChI=1S/C74H48N2/c1-5-17-49(18-6-1)51-29-33-53(34-30-51)73-63-41-37-56(58-40-44-72-66(46-58)62-26-14-16-28-70(62)76(72)60-23-11-4-12-24-60)48-68(63)74(54-35-31-52(32-36-54)50-19-7-2-8-20-50)64-42-38-55(47-67(64)73)57-39-43-71-65(45-57)61-25-13-15-27-69(61)75(71)59-21-9-3-10-22-59/h1-48H. The quantitative estimate of drug-likeness (QED) is 0.134. The molecular formula is C74H48N2. The second-order valence-corrected chi connectivity index (χ2v) is 20.0. The first-order valence-electron chi connectivity index (χ1n) is 26.2. The van der Waals surface area contributed by atoms with Gasteiger partial charge in [-0.3, -0.25) is 0 Å². The van der Waals surface area contributed by atoms with E-state index >= 15 is 0 Å². The summed E-state index contributed by atoms with van der Waals surface area (Å²) in [5.41, 5.74) is 21.5. The van der Waals surface area contributed by atoms with Crippen LogP contribution in [0.1, 0.15) is 0 Å². The highest BCUT2D eigenvalue weighted by Gasteiger charge is 2.21. The van der Waals surface area contributed by atoms with Crippen molar-refractivity contribution in [2.24, 2.45) is 0 Å². The van der Waals surface area contributed by atoms with E-state index in [0.717, 1.165) is 11.4 Å². The molecule has 15 aromatic rings. The van der Waals surface area contributed by atoms with Crippen LogP contribution in [0.15, 0.2) is 291 Å². The topological polar surface area (TPSA) is 9.86 Å². The zero-order valence-corrected chi connectivity index (χ0v) is 41.6. The molecule has 13 aromatic carbocycles. The number of rotatable bonds is 8. The van der Waals surface area contributed by atoms with Gasteiger partial charge in [-0.25, -0.2) is 0 Å². The second kappa shape index (κ2) is 17.9. The van der Waals surface area contributed by atoms with Crippen molar-refractivity contribution >= 4 is 65.2 Å². The van der Waals surface area contributed by atoms with E-state index in [0.29, 0.717) is 0 Å². The molecular weight excluding hydrogens is 917 g/mol. The van der Waals surface area contributed by atoms with Crippen LogP contribution < -0.4 is 0 Å². The summed E-state index contributed by atoms with van der Waals surface area (Å²) in [5.74, 6) is 0. The lowest BCUT2D eigenvalue weighted by Gasteiger charge is -2.20. The molecule has 0 N–H and O–H groups in total.